The van der Waals surface area contributed by atoms with Crippen molar-refractivity contribution < 1.29 is 18.7 Å². The third-order valence-electron chi connectivity index (χ3n) is 3.15. The Morgan fingerprint density at radius 3 is 2.70 bits per heavy atom. The van der Waals surface area contributed by atoms with E-state index in [2.05, 4.69) is 0 Å². The van der Waals surface area contributed by atoms with Crippen molar-refractivity contribution in [2.45, 2.75) is 6.92 Å². The molecule has 0 saturated heterocycles. The first-order valence-corrected chi connectivity index (χ1v) is 6.08. The number of fused-ring (bicyclic) bond motifs is 1. The van der Waals surface area contributed by atoms with Crippen molar-refractivity contribution in [2.75, 3.05) is 0 Å². The lowest BCUT2D eigenvalue weighted by Gasteiger charge is -2.02. The van der Waals surface area contributed by atoms with Gasteiger partial charge in [-0.3, -0.25) is 0 Å². The van der Waals surface area contributed by atoms with Crippen LogP contribution in [-0.4, -0.2) is 11.1 Å². The Balaban J connectivity index is 2.24. The average Bonchev–Trinajstić information content (AvgIpc) is 2.81. The second-order valence-electron chi connectivity index (χ2n) is 4.65. The van der Waals surface area contributed by atoms with Gasteiger partial charge in [0, 0.05) is 10.9 Å². The van der Waals surface area contributed by atoms with Crippen molar-refractivity contribution in [3.8, 4) is 11.3 Å². The van der Waals surface area contributed by atoms with Crippen LogP contribution < -0.4 is 0 Å². The maximum absolute atomic E-state index is 13.4. The van der Waals surface area contributed by atoms with Crippen molar-refractivity contribution in [3.63, 3.8) is 0 Å². The van der Waals surface area contributed by atoms with Crippen LogP contribution in [0.5, 0.6) is 0 Å². The molecule has 0 bridgehead atoms. The number of aromatic carboxylic acids is 1. The minimum absolute atomic E-state index is 0.0159. The van der Waals surface area contributed by atoms with Crippen molar-refractivity contribution in [1.29, 1.82) is 0 Å². The van der Waals surface area contributed by atoms with Crippen LogP contribution in [0, 0.1) is 12.7 Å². The van der Waals surface area contributed by atoms with Gasteiger partial charge in [0.25, 0.3) is 0 Å². The van der Waals surface area contributed by atoms with Crippen molar-refractivity contribution in [1.82, 2.24) is 0 Å². The summed E-state index contributed by atoms with van der Waals surface area (Å²) in [5, 5.41) is 10.0. The van der Waals surface area contributed by atoms with Crippen LogP contribution in [0.4, 0.5) is 4.39 Å². The maximum atomic E-state index is 13.4. The number of hydrogen-bond donors (Lipinski definition) is 1. The Morgan fingerprint density at radius 1 is 1.15 bits per heavy atom. The number of benzene rings is 2. The first-order valence-electron chi connectivity index (χ1n) is 6.08. The molecule has 0 unspecified atom stereocenters. The first-order chi connectivity index (χ1) is 9.54. The van der Waals surface area contributed by atoms with E-state index in [-0.39, 0.29) is 11.1 Å². The van der Waals surface area contributed by atoms with E-state index in [4.69, 9.17) is 4.42 Å². The zero-order chi connectivity index (χ0) is 14.3. The van der Waals surface area contributed by atoms with E-state index < -0.39 is 11.8 Å². The standard InChI is InChI=1S/C16H11FO3/c1-9-2-5-14-10(6-9)7-15(20-14)13-8-11(17)3-4-12(13)16(18)19/h2-8H,1H3,(H,18,19). The normalized spacial score (nSPS) is 10.9. The number of carbonyl (C=O) groups is 1. The summed E-state index contributed by atoms with van der Waals surface area (Å²) in [6, 6.07) is 10.9. The SMILES string of the molecule is Cc1ccc2oc(-c3cc(F)ccc3C(=O)O)cc2c1. The van der Waals surface area contributed by atoms with Crippen molar-refractivity contribution >= 4 is 16.9 Å². The molecule has 3 nitrogen and oxygen atoms in total. The molecule has 0 radical (unpaired) electrons. The number of halogens is 1. The Hall–Kier alpha value is -2.62. The van der Waals surface area contributed by atoms with Gasteiger partial charge >= 0.3 is 5.97 Å². The average molecular weight is 270 g/mol. The van der Waals surface area contributed by atoms with Crippen LogP contribution in [0.15, 0.2) is 46.9 Å². The molecule has 0 spiro atoms. The summed E-state index contributed by atoms with van der Waals surface area (Å²) in [5.41, 5.74) is 1.97. The summed E-state index contributed by atoms with van der Waals surface area (Å²) in [7, 11) is 0. The largest absolute Gasteiger partial charge is 0.478 e. The summed E-state index contributed by atoms with van der Waals surface area (Å²) in [6.45, 7) is 1.96. The highest BCUT2D eigenvalue weighted by Gasteiger charge is 2.16. The highest BCUT2D eigenvalue weighted by Crippen LogP contribution is 2.31. The van der Waals surface area contributed by atoms with Crippen LogP contribution in [0.25, 0.3) is 22.3 Å². The minimum Gasteiger partial charge on any atom is -0.478 e. The Labute approximate surface area is 114 Å². The Kier molecular flexibility index (Phi) is 2.79. The van der Waals surface area contributed by atoms with Gasteiger partial charge in [0.15, 0.2) is 0 Å². The Bertz CT molecular complexity index is 818. The molecule has 1 N–H and O–H groups in total. The lowest BCUT2D eigenvalue weighted by atomic mass is 10.0. The number of aryl methyl sites for hydroxylation is 1. The fraction of sp³-hybridized carbons (Fsp3) is 0.0625. The van der Waals surface area contributed by atoms with Gasteiger partial charge in [-0.2, -0.15) is 0 Å². The van der Waals surface area contributed by atoms with Crippen LogP contribution >= 0.6 is 0 Å². The molecule has 0 amide bonds. The molecule has 0 saturated carbocycles. The van der Waals surface area contributed by atoms with E-state index in [0.29, 0.717) is 11.3 Å². The van der Waals surface area contributed by atoms with Gasteiger partial charge in [0.1, 0.15) is 17.2 Å². The molecule has 1 aromatic heterocycles. The lowest BCUT2D eigenvalue weighted by Crippen LogP contribution is -1.99. The van der Waals surface area contributed by atoms with Gasteiger partial charge < -0.3 is 9.52 Å². The molecule has 3 aromatic rings. The first kappa shape index (κ1) is 12.4. The molecule has 1 heterocycles. The molecule has 100 valence electrons. The summed E-state index contributed by atoms with van der Waals surface area (Å²) in [5.74, 6) is -1.26. The zero-order valence-corrected chi connectivity index (χ0v) is 10.7. The van der Waals surface area contributed by atoms with Crippen LogP contribution in [-0.2, 0) is 0 Å². The summed E-state index contributed by atoms with van der Waals surface area (Å²) < 4.78 is 19.0. The van der Waals surface area contributed by atoms with Crippen LogP contribution in [0.2, 0.25) is 0 Å². The molecule has 0 fully saturated rings. The fourth-order valence-electron chi connectivity index (χ4n) is 2.20. The molecular weight excluding hydrogens is 259 g/mol. The number of carboxylic acid groups (broad SMARTS) is 1. The van der Waals surface area contributed by atoms with E-state index >= 15 is 0 Å². The van der Waals surface area contributed by atoms with Gasteiger partial charge in [-0.25, -0.2) is 9.18 Å². The number of furan rings is 1. The maximum Gasteiger partial charge on any atom is 0.336 e. The molecule has 2 aromatic carbocycles. The van der Waals surface area contributed by atoms with E-state index in [1.807, 2.05) is 25.1 Å². The minimum atomic E-state index is -1.11. The third kappa shape index (κ3) is 2.05. The van der Waals surface area contributed by atoms with E-state index in [9.17, 15) is 14.3 Å². The topological polar surface area (TPSA) is 50.4 Å². The monoisotopic (exact) mass is 270 g/mol. The predicted molar refractivity (Wildman–Crippen MR) is 73.3 cm³/mol. The summed E-state index contributed by atoms with van der Waals surface area (Å²) >= 11 is 0. The van der Waals surface area contributed by atoms with Crippen LogP contribution in [0.3, 0.4) is 0 Å². The number of rotatable bonds is 2. The van der Waals surface area contributed by atoms with Gasteiger partial charge in [-0.1, -0.05) is 11.6 Å². The lowest BCUT2D eigenvalue weighted by molar-refractivity contribution is 0.0697. The van der Waals surface area contributed by atoms with E-state index in [1.54, 1.807) is 6.07 Å². The van der Waals surface area contributed by atoms with Gasteiger partial charge in [-0.15, -0.1) is 0 Å². The van der Waals surface area contributed by atoms with Gasteiger partial charge in [-0.05, 0) is 43.3 Å². The summed E-state index contributed by atoms with van der Waals surface area (Å²) in [6.07, 6.45) is 0. The molecule has 0 atom stereocenters. The third-order valence-corrected chi connectivity index (χ3v) is 3.15. The highest BCUT2D eigenvalue weighted by molar-refractivity contribution is 5.96. The van der Waals surface area contributed by atoms with E-state index in [0.717, 1.165) is 17.0 Å². The fourth-order valence-corrected chi connectivity index (χ4v) is 2.20. The number of hydrogen-bond acceptors (Lipinski definition) is 2. The molecule has 0 aliphatic rings. The van der Waals surface area contributed by atoms with Crippen molar-refractivity contribution in [2.24, 2.45) is 0 Å². The van der Waals surface area contributed by atoms with Crippen molar-refractivity contribution in [3.05, 3.63) is 59.4 Å². The second kappa shape index (κ2) is 4.49. The molecule has 3 rings (SSSR count). The molecule has 4 heteroatoms. The smallest absolute Gasteiger partial charge is 0.336 e. The van der Waals surface area contributed by atoms with Crippen LogP contribution in [0.1, 0.15) is 15.9 Å². The second-order valence-corrected chi connectivity index (χ2v) is 4.65. The predicted octanol–water partition coefficient (Wildman–Crippen LogP) is 4.25. The Morgan fingerprint density at radius 2 is 1.95 bits per heavy atom. The quantitative estimate of drug-likeness (QED) is 0.757. The highest BCUT2D eigenvalue weighted by atomic mass is 19.1. The van der Waals surface area contributed by atoms with Gasteiger partial charge in [0.2, 0.25) is 0 Å². The molecular formula is C16H11FO3. The van der Waals surface area contributed by atoms with Gasteiger partial charge in [0.05, 0.1) is 5.56 Å². The molecule has 0 aliphatic carbocycles. The van der Waals surface area contributed by atoms with E-state index in [1.165, 1.54) is 12.1 Å². The number of carboxylic acids is 1. The zero-order valence-electron chi connectivity index (χ0n) is 10.7. The molecule has 0 aliphatic heterocycles. The molecule has 20 heavy (non-hydrogen) atoms. The summed E-state index contributed by atoms with van der Waals surface area (Å²) in [4.78, 5) is 11.2.